The first-order chi connectivity index (χ1) is 12.5. The quantitative estimate of drug-likeness (QED) is 0.470. The van der Waals surface area contributed by atoms with Gasteiger partial charge in [0.25, 0.3) is 17.5 Å². The van der Waals surface area contributed by atoms with E-state index < -0.39 is 16.7 Å². The van der Waals surface area contributed by atoms with Crippen LogP contribution in [0.25, 0.3) is 6.08 Å². The molecule has 0 radical (unpaired) electrons. The van der Waals surface area contributed by atoms with Crippen LogP contribution in [0, 0.1) is 10.1 Å². The van der Waals surface area contributed by atoms with Gasteiger partial charge < -0.3 is 4.74 Å². The average Bonchev–Trinajstić information content (AvgIpc) is 2.65. The molecule has 0 spiro atoms. The highest BCUT2D eigenvalue weighted by molar-refractivity contribution is 5.98. The van der Waals surface area contributed by atoms with Crippen molar-refractivity contribution in [2.45, 2.75) is 6.92 Å². The lowest BCUT2D eigenvalue weighted by molar-refractivity contribution is -0.384. The first-order valence-electron chi connectivity index (χ1n) is 7.76. The van der Waals surface area contributed by atoms with Crippen LogP contribution in [0.15, 0.2) is 54.6 Å². The number of carbonyl (C=O) groups excluding carboxylic acids is 2. The Bertz CT molecular complexity index is 831. The van der Waals surface area contributed by atoms with Crippen LogP contribution >= 0.6 is 0 Å². The molecule has 8 nitrogen and oxygen atoms in total. The maximum absolute atomic E-state index is 11.9. The topological polar surface area (TPSA) is 111 Å². The van der Waals surface area contributed by atoms with Gasteiger partial charge in [-0.05, 0) is 31.2 Å². The van der Waals surface area contributed by atoms with Gasteiger partial charge in [-0.1, -0.05) is 18.2 Å². The number of hydrogen-bond acceptors (Lipinski definition) is 5. The molecule has 0 aliphatic rings. The number of nitrogens with one attached hydrogen (secondary N) is 2. The predicted octanol–water partition coefficient (Wildman–Crippen LogP) is 2.47. The second-order valence-electron chi connectivity index (χ2n) is 5.05. The van der Waals surface area contributed by atoms with E-state index in [9.17, 15) is 19.7 Å². The monoisotopic (exact) mass is 355 g/mol. The first kappa shape index (κ1) is 18.7. The summed E-state index contributed by atoms with van der Waals surface area (Å²) >= 11 is 0. The van der Waals surface area contributed by atoms with E-state index in [0.29, 0.717) is 12.4 Å². The number of ether oxygens (including phenoxy) is 1. The van der Waals surface area contributed by atoms with Crippen LogP contribution in [0.2, 0.25) is 0 Å². The summed E-state index contributed by atoms with van der Waals surface area (Å²) in [5, 5.41) is 10.6. The Balaban J connectivity index is 1.92. The zero-order chi connectivity index (χ0) is 18.9. The number of nitro benzene ring substituents is 1. The number of non-ortho nitro benzene ring substituents is 1. The molecule has 0 saturated carbocycles. The van der Waals surface area contributed by atoms with E-state index in [0.717, 1.165) is 5.56 Å². The van der Waals surface area contributed by atoms with Crippen LogP contribution in [0.4, 0.5) is 5.69 Å². The normalized spacial score (nSPS) is 10.3. The van der Waals surface area contributed by atoms with Crippen LogP contribution in [0.3, 0.4) is 0 Å². The van der Waals surface area contributed by atoms with Crippen molar-refractivity contribution in [3.63, 3.8) is 0 Å². The number of benzene rings is 2. The molecule has 0 bridgehead atoms. The number of amides is 2. The fourth-order valence-corrected chi connectivity index (χ4v) is 2.04. The summed E-state index contributed by atoms with van der Waals surface area (Å²) in [5.74, 6) is -0.475. The second kappa shape index (κ2) is 8.97. The molecule has 0 aromatic heterocycles. The smallest absolute Gasteiger partial charge is 0.269 e. The largest absolute Gasteiger partial charge is 0.493 e. The van der Waals surface area contributed by atoms with Crippen molar-refractivity contribution in [2.24, 2.45) is 0 Å². The highest BCUT2D eigenvalue weighted by Crippen LogP contribution is 2.19. The summed E-state index contributed by atoms with van der Waals surface area (Å²) in [6.45, 7) is 2.36. The summed E-state index contributed by atoms with van der Waals surface area (Å²) in [6, 6.07) is 12.2. The number of nitro groups is 1. The molecule has 2 N–H and O–H groups in total. The third-order valence-corrected chi connectivity index (χ3v) is 3.27. The van der Waals surface area contributed by atoms with Crippen LogP contribution in [-0.2, 0) is 4.79 Å². The van der Waals surface area contributed by atoms with Crippen molar-refractivity contribution >= 4 is 23.6 Å². The highest BCUT2D eigenvalue weighted by atomic mass is 16.6. The number of rotatable bonds is 6. The van der Waals surface area contributed by atoms with Crippen molar-refractivity contribution in [3.8, 4) is 5.75 Å². The lowest BCUT2D eigenvalue weighted by Gasteiger charge is -2.07. The Morgan fingerprint density at radius 2 is 1.81 bits per heavy atom. The molecule has 0 aliphatic heterocycles. The van der Waals surface area contributed by atoms with Gasteiger partial charge in [0.15, 0.2) is 0 Å². The molecular formula is C18H17N3O5. The zero-order valence-electron chi connectivity index (χ0n) is 14.0. The first-order valence-corrected chi connectivity index (χ1v) is 7.76. The van der Waals surface area contributed by atoms with Crippen molar-refractivity contribution in [3.05, 3.63) is 75.8 Å². The van der Waals surface area contributed by atoms with E-state index in [1.165, 1.54) is 30.3 Å². The van der Waals surface area contributed by atoms with Gasteiger partial charge in [0.05, 0.1) is 11.5 Å². The van der Waals surface area contributed by atoms with Crippen molar-refractivity contribution in [1.82, 2.24) is 10.9 Å². The predicted molar refractivity (Wildman–Crippen MR) is 95.4 cm³/mol. The summed E-state index contributed by atoms with van der Waals surface area (Å²) in [5.41, 5.74) is 5.26. The molecule has 26 heavy (non-hydrogen) atoms. The number of nitrogens with zero attached hydrogens (tertiary/aromatic N) is 1. The maximum Gasteiger partial charge on any atom is 0.269 e. The van der Waals surface area contributed by atoms with Gasteiger partial charge in [-0.15, -0.1) is 0 Å². The van der Waals surface area contributed by atoms with Gasteiger partial charge in [-0.3, -0.25) is 30.6 Å². The Kier molecular flexibility index (Phi) is 6.44. The molecule has 134 valence electrons. The Hall–Kier alpha value is -3.68. The van der Waals surface area contributed by atoms with Gasteiger partial charge in [-0.25, -0.2) is 0 Å². The van der Waals surface area contributed by atoms with E-state index >= 15 is 0 Å². The summed E-state index contributed by atoms with van der Waals surface area (Å²) in [6.07, 6.45) is 2.83. The third kappa shape index (κ3) is 5.17. The summed E-state index contributed by atoms with van der Waals surface area (Å²) in [7, 11) is 0. The number of para-hydroxylation sites is 1. The maximum atomic E-state index is 11.9. The Morgan fingerprint density at radius 3 is 2.46 bits per heavy atom. The molecule has 0 aliphatic carbocycles. The molecule has 2 rings (SSSR count). The van der Waals surface area contributed by atoms with E-state index in [2.05, 4.69) is 10.9 Å². The zero-order valence-corrected chi connectivity index (χ0v) is 14.0. The Morgan fingerprint density at radius 1 is 1.12 bits per heavy atom. The van der Waals surface area contributed by atoms with Crippen LogP contribution < -0.4 is 15.6 Å². The van der Waals surface area contributed by atoms with Gasteiger partial charge >= 0.3 is 0 Å². The van der Waals surface area contributed by atoms with Crippen LogP contribution in [-0.4, -0.2) is 23.3 Å². The minimum Gasteiger partial charge on any atom is -0.493 e. The number of carbonyl (C=O) groups is 2. The van der Waals surface area contributed by atoms with Gasteiger partial charge in [0.2, 0.25) is 0 Å². The molecule has 0 atom stereocenters. The molecule has 2 amide bonds. The van der Waals surface area contributed by atoms with Crippen molar-refractivity contribution in [1.29, 1.82) is 0 Å². The molecule has 0 heterocycles. The van der Waals surface area contributed by atoms with Crippen molar-refractivity contribution in [2.75, 3.05) is 6.61 Å². The number of hydrazine groups is 1. The average molecular weight is 355 g/mol. The number of hydrogen-bond donors (Lipinski definition) is 2. The highest BCUT2D eigenvalue weighted by Gasteiger charge is 2.09. The molecule has 2 aromatic carbocycles. The Labute approximate surface area is 149 Å². The fraction of sp³-hybridized carbons (Fsp3) is 0.111. The summed E-state index contributed by atoms with van der Waals surface area (Å²) in [4.78, 5) is 33.7. The minimum absolute atomic E-state index is 0.124. The molecule has 0 saturated heterocycles. The van der Waals surface area contributed by atoms with E-state index in [1.54, 1.807) is 18.2 Å². The molecular weight excluding hydrogens is 338 g/mol. The third-order valence-electron chi connectivity index (χ3n) is 3.27. The van der Waals surface area contributed by atoms with Crippen LogP contribution in [0.1, 0.15) is 22.8 Å². The van der Waals surface area contributed by atoms with E-state index in [1.807, 2.05) is 19.1 Å². The lowest BCUT2D eigenvalue weighted by Crippen LogP contribution is -2.40. The van der Waals surface area contributed by atoms with Crippen molar-refractivity contribution < 1.29 is 19.2 Å². The van der Waals surface area contributed by atoms with E-state index in [-0.39, 0.29) is 11.3 Å². The molecule has 2 aromatic rings. The van der Waals surface area contributed by atoms with E-state index in [4.69, 9.17) is 4.74 Å². The standard InChI is InChI=1S/C18H17N3O5/c1-2-26-16-6-4-3-5-13(16)9-12-17(22)19-20-18(23)14-7-10-15(11-8-14)21(24)25/h3-12H,2H2,1H3,(H,19,22)(H,20,23)/b12-9+. The van der Waals surface area contributed by atoms with Gasteiger partial charge in [-0.2, -0.15) is 0 Å². The van der Waals surface area contributed by atoms with Gasteiger partial charge in [0.1, 0.15) is 5.75 Å². The minimum atomic E-state index is -0.587. The SMILES string of the molecule is CCOc1ccccc1/C=C/C(=O)NNC(=O)c1ccc([N+](=O)[O-])cc1. The van der Waals surface area contributed by atoms with Crippen LogP contribution in [0.5, 0.6) is 5.75 Å². The molecule has 8 heteroatoms. The second-order valence-corrected chi connectivity index (χ2v) is 5.05. The van der Waals surface area contributed by atoms with Gasteiger partial charge in [0, 0.05) is 29.3 Å². The molecule has 0 fully saturated rings. The molecule has 0 unspecified atom stereocenters. The lowest BCUT2D eigenvalue weighted by atomic mass is 10.2. The summed E-state index contributed by atoms with van der Waals surface area (Å²) < 4.78 is 5.45. The fourth-order valence-electron chi connectivity index (χ4n) is 2.04.